The first kappa shape index (κ1) is 6.79. The predicted molar refractivity (Wildman–Crippen MR) is 40.8 cm³/mol. The Morgan fingerprint density at radius 2 is 2.00 bits per heavy atom. The smallest absolute Gasteiger partial charge is 0.119 e. The molecule has 2 rings (SSSR count). The van der Waals surface area contributed by atoms with Gasteiger partial charge in [-0.25, -0.2) is 0 Å². The second-order valence-corrected chi connectivity index (χ2v) is 3.35. The Labute approximate surface area is 65.4 Å². The normalized spacial score (nSPS) is 21.2. The van der Waals surface area contributed by atoms with Crippen molar-refractivity contribution in [2.75, 3.05) is 0 Å². The lowest BCUT2D eigenvalue weighted by Crippen LogP contribution is -2.49. The Morgan fingerprint density at radius 1 is 1.36 bits per heavy atom. The van der Waals surface area contributed by atoms with Crippen molar-refractivity contribution in [1.82, 2.24) is 14.8 Å². The summed E-state index contributed by atoms with van der Waals surface area (Å²) in [6, 6.07) is 0. The van der Waals surface area contributed by atoms with Gasteiger partial charge in [-0.3, -0.25) is 0 Å². The highest BCUT2D eigenvalue weighted by molar-refractivity contribution is 4.92. The maximum absolute atomic E-state index is 6.02. The van der Waals surface area contributed by atoms with Crippen LogP contribution in [0.4, 0.5) is 0 Å². The van der Waals surface area contributed by atoms with Crippen LogP contribution in [0.1, 0.15) is 19.3 Å². The van der Waals surface area contributed by atoms with Crippen molar-refractivity contribution in [2.24, 2.45) is 5.73 Å². The molecule has 1 fully saturated rings. The predicted octanol–water partition coefficient (Wildman–Crippen LogP) is 0.159. The molecule has 0 bridgehead atoms. The average molecular weight is 152 g/mol. The van der Waals surface area contributed by atoms with Gasteiger partial charge in [-0.1, -0.05) is 0 Å². The fourth-order valence-electron chi connectivity index (χ4n) is 1.46. The van der Waals surface area contributed by atoms with Gasteiger partial charge in [0.25, 0.3) is 0 Å². The van der Waals surface area contributed by atoms with Crippen molar-refractivity contribution in [3.63, 3.8) is 0 Å². The van der Waals surface area contributed by atoms with Crippen molar-refractivity contribution in [2.45, 2.75) is 31.3 Å². The highest BCUT2D eigenvalue weighted by Gasteiger charge is 2.32. The maximum Gasteiger partial charge on any atom is 0.119 e. The van der Waals surface area contributed by atoms with Crippen LogP contribution in [0, 0.1) is 0 Å². The molecular weight excluding hydrogens is 140 g/mol. The van der Waals surface area contributed by atoms with E-state index in [2.05, 4.69) is 10.2 Å². The summed E-state index contributed by atoms with van der Waals surface area (Å²) >= 11 is 0. The van der Waals surface area contributed by atoms with Crippen LogP contribution in [-0.2, 0) is 6.54 Å². The van der Waals surface area contributed by atoms with E-state index >= 15 is 0 Å². The van der Waals surface area contributed by atoms with E-state index in [1.54, 1.807) is 12.7 Å². The third kappa shape index (κ3) is 1.26. The van der Waals surface area contributed by atoms with Crippen molar-refractivity contribution in [3.8, 4) is 0 Å². The van der Waals surface area contributed by atoms with Crippen LogP contribution in [0.25, 0.3) is 0 Å². The molecule has 11 heavy (non-hydrogen) atoms. The summed E-state index contributed by atoms with van der Waals surface area (Å²) < 4.78 is 1.94. The van der Waals surface area contributed by atoms with Gasteiger partial charge in [0, 0.05) is 12.1 Å². The Kier molecular flexibility index (Phi) is 1.42. The largest absolute Gasteiger partial charge is 0.324 e. The molecule has 1 aliphatic rings. The number of hydrogen-bond acceptors (Lipinski definition) is 3. The Morgan fingerprint density at radius 3 is 2.45 bits per heavy atom. The molecule has 4 heteroatoms. The zero-order chi connectivity index (χ0) is 7.73. The second-order valence-electron chi connectivity index (χ2n) is 3.35. The third-order valence-corrected chi connectivity index (χ3v) is 2.31. The fraction of sp³-hybridized carbons (Fsp3) is 0.714. The number of aromatic nitrogens is 3. The van der Waals surface area contributed by atoms with Crippen molar-refractivity contribution in [1.29, 1.82) is 0 Å². The number of nitrogens with zero attached hydrogens (tertiary/aromatic N) is 3. The molecule has 0 atom stereocenters. The summed E-state index contributed by atoms with van der Waals surface area (Å²) in [6.07, 6.45) is 6.95. The molecule has 0 aliphatic heterocycles. The van der Waals surface area contributed by atoms with Gasteiger partial charge in [0.1, 0.15) is 12.7 Å². The fourth-order valence-corrected chi connectivity index (χ4v) is 1.46. The summed E-state index contributed by atoms with van der Waals surface area (Å²) in [6.45, 7) is 0.861. The Balaban J connectivity index is 2.00. The highest BCUT2D eigenvalue weighted by Crippen LogP contribution is 2.30. The summed E-state index contributed by atoms with van der Waals surface area (Å²) in [5.41, 5.74) is 6.05. The van der Waals surface area contributed by atoms with Crippen LogP contribution in [0.3, 0.4) is 0 Å². The molecule has 0 spiro atoms. The van der Waals surface area contributed by atoms with Crippen LogP contribution in [-0.4, -0.2) is 20.3 Å². The van der Waals surface area contributed by atoms with Gasteiger partial charge in [0.15, 0.2) is 0 Å². The lowest BCUT2D eigenvalue weighted by atomic mass is 9.78. The Hall–Kier alpha value is -0.900. The number of hydrogen-bond donors (Lipinski definition) is 1. The minimum Gasteiger partial charge on any atom is -0.324 e. The molecule has 0 unspecified atom stereocenters. The standard InChI is InChI=1S/C7H12N4/c8-7(2-1-3-7)4-11-5-9-10-6-11/h5-6H,1-4,8H2. The van der Waals surface area contributed by atoms with Crippen molar-refractivity contribution < 1.29 is 0 Å². The van der Waals surface area contributed by atoms with Gasteiger partial charge < -0.3 is 10.3 Å². The van der Waals surface area contributed by atoms with E-state index in [9.17, 15) is 0 Å². The summed E-state index contributed by atoms with van der Waals surface area (Å²) in [4.78, 5) is 0. The minimum atomic E-state index is 0.0301. The maximum atomic E-state index is 6.02. The van der Waals surface area contributed by atoms with Crippen molar-refractivity contribution in [3.05, 3.63) is 12.7 Å². The molecule has 1 heterocycles. The van der Waals surface area contributed by atoms with Gasteiger partial charge in [0.05, 0.1) is 0 Å². The lowest BCUT2D eigenvalue weighted by molar-refractivity contribution is 0.215. The van der Waals surface area contributed by atoms with E-state index in [4.69, 9.17) is 5.73 Å². The zero-order valence-electron chi connectivity index (χ0n) is 6.40. The average Bonchev–Trinajstić information content (AvgIpc) is 2.36. The van der Waals surface area contributed by atoms with Gasteiger partial charge in [-0.15, -0.1) is 10.2 Å². The van der Waals surface area contributed by atoms with E-state index in [0.717, 1.165) is 19.4 Å². The van der Waals surface area contributed by atoms with Crippen molar-refractivity contribution >= 4 is 0 Å². The van der Waals surface area contributed by atoms with Gasteiger partial charge in [-0.05, 0) is 19.3 Å². The molecule has 1 aromatic rings. The van der Waals surface area contributed by atoms with Gasteiger partial charge >= 0.3 is 0 Å². The van der Waals surface area contributed by atoms with E-state index in [-0.39, 0.29) is 5.54 Å². The summed E-state index contributed by atoms with van der Waals surface area (Å²) in [5, 5.41) is 7.44. The quantitative estimate of drug-likeness (QED) is 0.656. The molecular formula is C7H12N4. The number of nitrogens with two attached hydrogens (primary N) is 1. The zero-order valence-corrected chi connectivity index (χ0v) is 6.40. The van der Waals surface area contributed by atoms with Crippen LogP contribution in [0.15, 0.2) is 12.7 Å². The topological polar surface area (TPSA) is 56.7 Å². The lowest BCUT2D eigenvalue weighted by Gasteiger charge is -2.37. The SMILES string of the molecule is NC1(Cn2cnnc2)CCC1. The monoisotopic (exact) mass is 152 g/mol. The van der Waals surface area contributed by atoms with E-state index < -0.39 is 0 Å². The molecule has 2 N–H and O–H groups in total. The van der Waals surface area contributed by atoms with Crippen LogP contribution < -0.4 is 5.73 Å². The van der Waals surface area contributed by atoms with Gasteiger partial charge in [0.2, 0.25) is 0 Å². The Bertz CT molecular complexity index is 225. The highest BCUT2D eigenvalue weighted by atomic mass is 15.2. The molecule has 1 aromatic heterocycles. The molecule has 0 saturated heterocycles. The van der Waals surface area contributed by atoms with E-state index in [1.165, 1.54) is 6.42 Å². The summed E-state index contributed by atoms with van der Waals surface area (Å²) in [7, 11) is 0. The molecule has 0 aromatic carbocycles. The van der Waals surface area contributed by atoms with Gasteiger partial charge in [-0.2, -0.15) is 0 Å². The van der Waals surface area contributed by atoms with E-state index in [1.807, 2.05) is 4.57 Å². The molecule has 0 radical (unpaired) electrons. The molecule has 60 valence electrons. The van der Waals surface area contributed by atoms with Crippen LogP contribution in [0.2, 0.25) is 0 Å². The molecule has 1 aliphatic carbocycles. The number of rotatable bonds is 2. The first-order chi connectivity index (χ1) is 5.29. The third-order valence-electron chi connectivity index (χ3n) is 2.31. The van der Waals surface area contributed by atoms with Crippen LogP contribution in [0.5, 0.6) is 0 Å². The van der Waals surface area contributed by atoms with Crippen LogP contribution >= 0.6 is 0 Å². The first-order valence-corrected chi connectivity index (χ1v) is 3.90. The minimum absolute atomic E-state index is 0.0301. The molecule has 4 nitrogen and oxygen atoms in total. The second kappa shape index (κ2) is 2.30. The first-order valence-electron chi connectivity index (χ1n) is 3.90. The summed E-state index contributed by atoms with van der Waals surface area (Å²) in [5.74, 6) is 0. The molecule has 0 amide bonds. The van der Waals surface area contributed by atoms with E-state index in [0.29, 0.717) is 0 Å². The molecule has 1 saturated carbocycles.